The van der Waals surface area contributed by atoms with Gasteiger partial charge in [0.2, 0.25) is 35.4 Å². The van der Waals surface area contributed by atoms with Crippen molar-refractivity contribution in [2.75, 3.05) is 19.0 Å². The molecule has 2 fully saturated rings. The number of fused-ring (bicyclic) bond motifs is 2. The molecule has 2 aromatic carbocycles. The van der Waals surface area contributed by atoms with Gasteiger partial charge in [-0.2, -0.15) is 0 Å². The summed E-state index contributed by atoms with van der Waals surface area (Å²) in [5.74, 6) is -1.84. The second-order valence-electron chi connectivity index (χ2n) is 18.7. The second kappa shape index (κ2) is 21.2. The predicted octanol–water partition coefficient (Wildman–Crippen LogP) is 5.66. The first-order chi connectivity index (χ1) is 32.0. The maximum atomic E-state index is 12.8. The van der Waals surface area contributed by atoms with Gasteiger partial charge in [-0.3, -0.25) is 49.0 Å². The molecule has 0 saturated carbocycles. The van der Waals surface area contributed by atoms with E-state index in [1.54, 1.807) is 10.8 Å². The van der Waals surface area contributed by atoms with Crippen LogP contribution in [-0.4, -0.2) is 83.2 Å². The number of nitrogens with one attached hydrogen (secondary N) is 4. The van der Waals surface area contributed by atoms with E-state index in [1.165, 1.54) is 49.2 Å². The summed E-state index contributed by atoms with van der Waals surface area (Å²) in [6.45, 7) is 7.98. The fraction of sp³-hybridized carbons (Fsp3) is 0.440. The maximum Gasteiger partial charge on any atom is 0.256 e. The molecule has 4 aliphatic rings. The number of imide groups is 2. The minimum absolute atomic E-state index is 0.0141. The van der Waals surface area contributed by atoms with Gasteiger partial charge in [0.25, 0.3) is 11.8 Å². The molecule has 2 aromatic heterocycles. The summed E-state index contributed by atoms with van der Waals surface area (Å²) in [4.78, 5) is 105. The number of rotatable bonds is 15. The van der Waals surface area contributed by atoms with Gasteiger partial charge in [-0.25, -0.2) is 0 Å². The normalized spacial score (nSPS) is 17.9. The summed E-state index contributed by atoms with van der Waals surface area (Å²) in [5, 5.41) is 14.1. The van der Waals surface area contributed by atoms with Crippen molar-refractivity contribution in [2.24, 2.45) is 0 Å². The van der Waals surface area contributed by atoms with Crippen molar-refractivity contribution in [2.45, 2.75) is 129 Å². The quantitative estimate of drug-likeness (QED) is 0.109. The van der Waals surface area contributed by atoms with Crippen LogP contribution in [0.5, 0.6) is 0 Å². The van der Waals surface area contributed by atoms with E-state index in [0.29, 0.717) is 63.0 Å². The Hall–Kier alpha value is -6.20. The molecule has 2 saturated heterocycles. The van der Waals surface area contributed by atoms with Crippen LogP contribution in [0, 0.1) is 0 Å². The minimum Gasteiger partial charge on any atom is -0.378 e. The van der Waals surface area contributed by atoms with Crippen molar-refractivity contribution in [3.05, 3.63) is 108 Å². The zero-order valence-electron chi connectivity index (χ0n) is 38.8. The summed E-state index contributed by atoms with van der Waals surface area (Å²) < 4.78 is 0. The molecule has 4 aliphatic heterocycles. The second-order valence-corrected chi connectivity index (χ2v) is 20.6. The van der Waals surface area contributed by atoms with Gasteiger partial charge in [-0.1, -0.05) is 57.2 Å². The summed E-state index contributed by atoms with van der Waals surface area (Å²) in [7, 11) is 4.01. The number of carbonyl (C=O) groups is 8. The van der Waals surface area contributed by atoms with Crippen LogP contribution in [-0.2, 0) is 73.2 Å². The highest BCUT2D eigenvalue weighted by Crippen LogP contribution is 2.35. The highest BCUT2D eigenvalue weighted by atomic mass is 32.1. The van der Waals surface area contributed by atoms with Crippen LogP contribution in [0.15, 0.2) is 59.3 Å². The van der Waals surface area contributed by atoms with Crippen LogP contribution in [0.1, 0.15) is 130 Å². The number of benzene rings is 2. The van der Waals surface area contributed by atoms with Crippen LogP contribution >= 0.6 is 22.7 Å². The Morgan fingerprint density at radius 2 is 1.07 bits per heavy atom. The lowest BCUT2D eigenvalue weighted by Gasteiger charge is -2.29. The molecule has 17 heteroatoms. The maximum absolute atomic E-state index is 12.8. The van der Waals surface area contributed by atoms with Gasteiger partial charge in [0.1, 0.15) is 12.1 Å². The van der Waals surface area contributed by atoms with Gasteiger partial charge in [-0.05, 0) is 83.9 Å². The molecule has 8 rings (SSSR count). The first-order valence-corrected chi connectivity index (χ1v) is 24.6. The van der Waals surface area contributed by atoms with Crippen LogP contribution in [0.25, 0.3) is 0 Å². The van der Waals surface area contributed by atoms with Crippen molar-refractivity contribution in [1.82, 2.24) is 31.1 Å². The van der Waals surface area contributed by atoms with Crippen molar-refractivity contribution in [3.63, 3.8) is 0 Å². The Morgan fingerprint density at radius 1 is 0.657 bits per heavy atom. The molecule has 67 heavy (non-hydrogen) atoms. The SMILES string of the molecule is CC(C)(C)c1ccc(CCCC(=O)NCc2scc3c2CN(C2CCC(=O)NC2=O)C3=O)cc1.CN(C)c1ccc(CCCC(=O)NCc2scc3c2CN(C2CCC(=O)NC2=O)C3=O)cc1. The van der Waals surface area contributed by atoms with E-state index < -0.39 is 23.9 Å². The average Bonchev–Trinajstić information content (AvgIpc) is 4.05. The molecular weight excluding hydrogens is 891 g/mol. The topological polar surface area (TPSA) is 194 Å². The predicted molar refractivity (Wildman–Crippen MR) is 256 cm³/mol. The molecule has 0 aliphatic carbocycles. The Morgan fingerprint density at radius 3 is 1.46 bits per heavy atom. The van der Waals surface area contributed by atoms with Crippen molar-refractivity contribution in [1.29, 1.82) is 0 Å². The first kappa shape index (κ1) is 48.7. The number of piperidine rings is 2. The molecule has 2 atom stereocenters. The van der Waals surface area contributed by atoms with Crippen molar-refractivity contribution >= 4 is 75.6 Å². The third-order valence-corrected chi connectivity index (χ3v) is 14.7. The largest absolute Gasteiger partial charge is 0.378 e. The summed E-state index contributed by atoms with van der Waals surface area (Å²) in [5.41, 5.74) is 7.94. The summed E-state index contributed by atoms with van der Waals surface area (Å²) >= 11 is 2.91. The highest BCUT2D eigenvalue weighted by molar-refractivity contribution is 7.10. The zero-order chi connectivity index (χ0) is 48.0. The minimum atomic E-state index is -0.623. The molecule has 0 bridgehead atoms. The number of hydrogen-bond donors (Lipinski definition) is 4. The monoisotopic (exact) mass is 949 g/mol. The zero-order valence-corrected chi connectivity index (χ0v) is 40.4. The van der Waals surface area contributed by atoms with Crippen molar-refractivity contribution in [3.8, 4) is 0 Å². The Bertz CT molecular complexity index is 2540. The number of carbonyl (C=O) groups excluding carboxylic acids is 8. The average molecular weight is 950 g/mol. The van der Waals surface area contributed by atoms with E-state index in [1.807, 2.05) is 14.1 Å². The van der Waals surface area contributed by atoms with E-state index >= 15 is 0 Å². The molecule has 8 amide bonds. The Labute approximate surface area is 399 Å². The fourth-order valence-electron chi connectivity index (χ4n) is 8.68. The number of aryl methyl sites for hydroxylation is 2. The standard InChI is InChI=1S/C26H31N3O4S.C24H28N4O4S/c1-26(2,3)17-9-7-16(8-10-17)5-4-6-22(30)27-13-21-18-14-29(25(33)19(18)15-34-21)20-11-12-23(31)28-24(20)32;1-27(2)16-8-6-15(7-9-16)4-3-5-21(29)25-12-20-17-13-28(24(32)18(17)14-33-20)19-10-11-22(30)26-23(19)31/h7-10,15,20H,4-6,11-14H2,1-3H3,(H,27,30)(H,28,31,32);6-9,14,19H,3-5,10-13H2,1-2H3,(H,25,29)(H,26,30,31). The van der Waals surface area contributed by atoms with Crippen LogP contribution in [0.4, 0.5) is 5.69 Å². The number of hydrogen-bond acceptors (Lipinski definition) is 11. The molecule has 4 N–H and O–H groups in total. The van der Waals surface area contributed by atoms with Gasteiger partial charge in [0.05, 0.1) is 24.2 Å². The highest BCUT2D eigenvalue weighted by Gasteiger charge is 2.42. The molecular formula is C50H59N7O8S2. The van der Waals surface area contributed by atoms with Gasteiger partial charge in [0.15, 0.2) is 0 Å². The van der Waals surface area contributed by atoms with Gasteiger partial charge in [0, 0.05) is 79.1 Å². The lowest BCUT2D eigenvalue weighted by atomic mass is 9.86. The third-order valence-electron chi connectivity index (χ3n) is 12.7. The molecule has 15 nitrogen and oxygen atoms in total. The third kappa shape index (κ3) is 11.9. The number of nitrogens with zero attached hydrogens (tertiary/aromatic N) is 3. The summed E-state index contributed by atoms with van der Waals surface area (Å²) in [6.07, 6.45) is 5.24. The molecule has 354 valence electrons. The molecule has 2 unspecified atom stereocenters. The van der Waals surface area contributed by atoms with E-state index in [4.69, 9.17) is 0 Å². The van der Waals surface area contributed by atoms with Gasteiger partial charge in [-0.15, -0.1) is 22.7 Å². The number of amides is 8. The Kier molecular flexibility index (Phi) is 15.4. The smallest absolute Gasteiger partial charge is 0.256 e. The Balaban J connectivity index is 0.000000199. The van der Waals surface area contributed by atoms with Crippen LogP contribution in [0.2, 0.25) is 0 Å². The number of thiophene rings is 2. The molecule has 4 aromatic rings. The molecule has 0 spiro atoms. The molecule has 0 radical (unpaired) electrons. The number of anilines is 1. The summed E-state index contributed by atoms with van der Waals surface area (Å²) in [6, 6.07) is 15.7. The molecule has 6 heterocycles. The van der Waals surface area contributed by atoms with Gasteiger partial charge < -0.3 is 25.3 Å². The van der Waals surface area contributed by atoms with Gasteiger partial charge >= 0.3 is 0 Å². The van der Waals surface area contributed by atoms with E-state index in [0.717, 1.165) is 52.3 Å². The van der Waals surface area contributed by atoms with E-state index in [-0.39, 0.29) is 53.7 Å². The lowest BCUT2D eigenvalue weighted by molar-refractivity contribution is -0.138. The first-order valence-electron chi connectivity index (χ1n) is 22.8. The van der Waals surface area contributed by atoms with Crippen LogP contribution < -0.4 is 26.2 Å². The van der Waals surface area contributed by atoms with Crippen LogP contribution in [0.3, 0.4) is 0 Å². The van der Waals surface area contributed by atoms with Crippen molar-refractivity contribution < 1.29 is 38.4 Å². The van der Waals surface area contributed by atoms with E-state index in [2.05, 4.69) is 95.5 Å². The lowest BCUT2D eigenvalue weighted by Crippen LogP contribution is -2.52. The van der Waals surface area contributed by atoms with E-state index in [9.17, 15) is 38.4 Å². The fourth-order valence-corrected chi connectivity index (χ4v) is 10.6.